The maximum atomic E-state index is 15.2. The van der Waals surface area contributed by atoms with Crippen LogP contribution in [0.4, 0.5) is 38.0 Å². The summed E-state index contributed by atoms with van der Waals surface area (Å²) in [4.78, 5) is 17.2. The number of rotatable bonds is 0. The lowest BCUT2D eigenvalue weighted by Gasteiger charge is -2.18. The second-order valence-corrected chi connectivity index (χ2v) is 9.17. The maximum Gasteiger partial charge on any atom is 0.499 e. The minimum absolute atomic E-state index is 0.235. The van der Waals surface area contributed by atoms with Gasteiger partial charge in [-0.15, -0.1) is 11.5 Å². The molecule has 0 atom stereocenters. The molecule has 0 saturated carbocycles. The van der Waals surface area contributed by atoms with Crippen LogP contribution in [0.5, 0.6) is 0 Å². The van der Waals surface area contributed by atoms with Gasteiger partial charge in [0.05, 0.1) is 32.7 Å². The zero-order valence-corrected chi connectivity index (χ0v) is 19.1. The van der Waals surface area contributed by atoms with Gasteiger partial charge in [0.25, 0.3) is 0 Å². The molecule has 0 spiro atoms. The van der Waals surface area contributed by atoms with Gasteiger partial charge in [0, 0.05) is 0 Å². The molecule has 0 N–H and O–H groups in total. The minimum atomic E-state index is -1.44. The summed E-state index contributed by atoms with van der Waals surface area (Å²) < 4.78 is 93.2. The fourth-order valence-electron chi connectivity index (χ4n) is 5.28. The summed E-state index contributed by atoms with van der Waals surface area (Å²) in [5, 5.41) is -1.39. The van der Waals surface area contributed by atoms with Gasteiger partial charge in [-0.25, -0.2) is 46.3 Å². The molecule has 0 aliphatic carbocycles. The van der Waals surface area contributed by atoms with E-state index < -0.39 is 53.0 Å². The van der Waals surface area contributed by atoms with Crippen LogP contribution in [0.25, 0.3) is 21.5 Å². The van der Waals surface area contributed by atoms with Crippen molar-refractivity contribution in [3.05, 3.63) is 93.4 Å². The molecular weight excluding hydrogens is 533 g/mol. The van der Waals surface area contributed by atoms with Gasteiger partial charge in [-0.1, -0.05) is 0 Å². The van der Waals surface area contributed by atoms with Crippen LogP contribution in [0.3, 0.4) is 0 Å². The van der Waals surface area contributed by atoms with Crippen LogP contribution in [0, 0.1) is 34.9 Å². The van der Waals surface area contributed by atoms with Crippen molar-refractivity contribution in [2.24, 2.45) is 20.0 Å². The third kappa shape index (κ3) is 2.42. The van der Waals surface area contributed by atoms with Gasteiger partial charge in [0.1, 0.15) is 57.5 Å². The number of aromatic nitrogens is 2. The van der Waals surface area contributed by atoms with E-state index in [9.17, 15) is 0 Å². The third-order valence-corrected chi connectivity index (χ3v) is 7.23. The molecule has 6 nitrogen and oxygen atoms in total. The van der Waals surface area contributed by atoms with Crippen molar-refractivity contribution in [2.45, 2.75) is 0 Å². The third-order valence-electron chi connectivity index (χ3n) is 6.84. The molecule has 0 amide bonds. The number of aliphatic imine (C=N–C) groups is 2. The Kier molecular flexibility index (Phi) is 3.95. The van der Waals surface area contributed by atoms with Crippen LogP contribution in [-0.2, 0) is 0 Å². The lowest BCUT2D eigenvalue weighted by atomic mass is 10.1. The van der Waals surface area contributed by atoms with E-state index >= 15 is 26.3 Å². The van der Waals surface area contributed by atoms with E-state index in [0.29, 0.717) is 0 Å². The lowest BCUT2D eigenvalue weighted by Crippen LogP contribution is -2.45. The first-order valence-electron chi connectivity index (χ1n) is 11.0. The van der Waals surface area contributed by atoms with Gasteiger partial charge in [0.2, 0.25) is 0 Å². The van der Waals surface area contributed by atoms with Crippen molar-refractivity contribution in [2.75, 3.05) is 0 Å². The van der Waals surface area contributed by atoms with Crippen molar-refractivity contribution in [3.63, 3.8) is 0 Å². The number of amidine groups is 2. The summed E-state index contributed by atoms with van der Waals surface area (Å²) in [6, 6.07) is 5.18. The summed E-state index contributed by atoms with van der Waals surface area (Å²) in [7, 11) is 0. The van der Waals surface area contributed by atoms with Gasteiger partial charge >= 0.3 is 6.40 Å². The number of benzene rings is 3. The zero-order valence-electron chi connectivity index (χ0n) is 18.4. The number of halogens is 7. The Hall–Kier alpha value is -4.39. The molecule has 38 heavy (non-hydrogen) atoms. The number of nitrogens with zero attached hydrogens (tertiary/aromatic N) is 6. The van der Waals surface area contributed by atoms with Crippen LogP contribution in [0.1, 0.15) is 11.1 Å². The molecule has 8 rings (SSSR count). The summed E-state index contributed by atoms with van der Waals surface area (Å²) in [5.41, 5.74) is -1.31. The second-order valence-electron chi connectivity index (χ2n) is 8.78. The molecule has 14 heteroatoms. The highest BCUT2D eigenvalue weighted by atomic mass is 35.5. The average molecular weight is 539 g/mol. The van der Waals surface area contributed by atoms with Crippen LogP contribution < -0.4 is 11.0 Å². The van der Waals surface area contributed by atoms with Crippen molar-refractivity contribution in [1.82, 2.24) is 8.96 Å². The molecule has 5 aromatic rings. The molecule has 0 unspecified atom stereocenters. The Bertz CT molecular complexity index is 2180. The van der Waals surface area contributed by atoms with Gasteiger partial charge in [-0.2, -0.15) is 0 Å². The summed E-state index contributed by atoms with van der Waals surface area (Å²) in [6.07, 6.45) is -1.44. The largest absolute Gasteiger partial charge is 0.499 e. The van der Waals surface area contributed by atoms with Crippen LogP contribution in [0.15, 0.2) is 56.4 Å². The van der Waals surface area contributed by atoms with E-state index in [1.54, 1.807) is 0 Å². The minimum Gasteiger partial charge on any atom is -0.319 e. The van der Waals surface area contributed by atoms with E-state index in [0.717, 1.165) is 45.4 Å². The zero-order chi connectivity index (χ0) is 26.2. The van der Waals surface area contributed by atoms with E-state index in [-0.39, 0.29) is 55.3 Å². The smallest absolute Gasteiger partial charge is 0.319 e. The normalized spacial score (nSPS) is 17.1. The predicted octanol–water partition coefficient (Wildman–Crippen LogP) is 4.79. The Morgan fingerprint density at radius 2 is 0.921 bits per heavy atom. The molecule has 3 aliphatic heterocycles. The van der Waals surface area contributed by atoms with E-state index in [1.165, 1.54) is 0 Å². The monoisotopic (exact) mass is 538 g/mol. The molecule has 3 aliphatic rings. The first kappa shape index (κ1) is 21.7. The Labute approximate surface area is 211 Å². The van der Waals surface area contributed by atoms with Gasteiger partial charge in [-0.05, 0) is 36.4 Å². The van der Waals surface area contributed by atoms with E-state index in [2.05, 4.69) is 20.0 Å². The highest BCUT2D eigenvalue weighted by Crippen LogP contribution is 2.44. The molecule has 0 fully saturated rings. The van der Waals surface area contributed by atoms with E-state index in [4.69, 9.17) is 11.5 Å². The topological polar surface area (TPSA) is 59.3 Å². The van der Waals surface area contributed by atoms with Crippen LogP contribution in [-0.4, -0.2) is 27.0 Å². The molecular formula is C24H6BClF6N6. The number of hydrogen-bond acceptors (Lipinski definition) is 4. The fourth-order valence-corrected chi connectivity index (χ4v) is 5.65. The summed E-state index contributed by atoms with van der Waals surface area (Å²) in [6.45, 7) is 0. The van der Waals surface area contributed by atoms with Crippen molar-refractivity contribution < 1.29 is 26.3 Å². The molecule has 4 bridgehead atoms. The Morgan fingerprint density at radius 3 is 1.47 bits per heavy atom. The second kappa shape index (κ2) is 6.92. The maximum absolute atomic E-state index is 15.2. The highest BCUT2D eigenvalue weighted by Gasteiger charge is 2.39. The quantitative estimate of drug-likeness (QED) is 0.201. The van der Waals surface area contributed by atoms with Crippen molar-refractivity contribution >= 4 is 62.7 Å². The summed E-state index contributed by atoms with van der Waals surface area (Å²) >= 11 is 6.83. The molecule has 3 aromatic carbocycles. The average Bonchev–Trinajstić information content (AvgIpc) is 3.52. The lowest BCUT2D eigenvalue weighted by molar-refractivity contribution is 0.596. The first-order valence-corrected chi connectivity index (χ1v) is 11.5. The van der Waals surface area contributed by atoms with Crippen LogP contribution in [0.2, 0.25) is 0 Å². The van der Waals surface area contributed by atoms with Gasteiger partial charge in [-0.3, -0.25) is 0 Å². The van der Waals surface area contributed by atoms with Crippen molar-refractivity contribution in [3.8, 4) is 0 Å². The fraction of sp³-hybridized carbons (Fsp3) is 0. The first-order chi connectivity index (χ1) is 18.3. The standard InChI is InChI=1S/C24H6BClF6N6/c26-25-37-21-15-9(29)3-5-11(31)17(15)23(37)36-24-18-12(32)6-4-10(30)16(18)22(38(24)25)35-20-14-8(28)2-1-7(27)13(14)19(33-20)34-21/h1-6H/b34-19-,34-21?,35-20?,35-22-. The Balaban J connectivity index is 1.73. The molecule has 184 valence electrons. The summed E-state index contributed by atoms with van der Waals surface area (Å²) in [5.74, 6) is -6.76. The molecule has 0 radical (unpaired) electrons. The van der Waals surface area contributed by atoms with Gasteiger partial charge in [0.15, 0.2) is 11.7 Å². The molecule has 2 aromatic heterocycles. The van der Waals surface area contributed by atoms with Gasteiger partial charge < -0.3 is 8.96 Å². The number of fused-ring (bicyclic) bond motifs is 10. The Morgan fingerprint density at radius 1 is 0.500 bits per heavy atom. The van der Waals surface area contributed by atoms with E-state index in [1.807, 2.05) is 0 Å². The molecule has 0 saturated heterocycles. The van der Waals surface area contributed by atoms with Crippen LogP contribution >= 0.6 is 11.5 Å². The SMILES string of the molecule is Fc1ccc(F)c2c1C1=NC/2=N\c2c3c(F)ccc(F)c3c3n2B(Cl)n2c(c4c(F)ccc(F)c4/c2=N/1)=N3. The molecule has 5 heterocycles. The number of hydrogen-bond donors (Lipinski definition) is 0. The predicted molar refractivity (Wildman–Crippen MR) is 127 cm³/mol. The highest BCUT2D eigenvalue weighted by molar-refractivity contribution is 7.05. The van der Waals surface area contributed by atoms with Crippen molar-refractivity contribution in [1.29, 1.82) is 0 Å².